The van der Waals surface area contributed by atoms with Crippen molar-refractivity contribution in [3.63, 3.8) is 0 Å². The van der Waals surface area contributed by atoms with Gasteiger partial charge in [-0.25, -0.2) is 4.79 Å². The van der Waals surface area contributed by atoms with Crippen molar-refractivity contribution in [2.75, 3.05) is 26.2 Å². The first kappa shape index (κ1) is 13.3. The minimum atomic E-state index is -0.392. The third-order valence-electron chi connectivity index (χ3n) is 2.62. The maximum absolute atomic E-state index is 11.8. The zero-order valence-corrected chi connectivity index (χ0v) is 10.9. The van der Waals surface area contributed by atoms with Gasteiger partial charge in [0.25, 0.3) is 0 Å². The molecule has 0 aromatic heterocycles. The van der Waals surface area contributed by atoms with Gasteiger partial charge < -0.3 is 15.0 Å². The van der Waals surface area contributed by atoms with Gasteiger partial charge in [-0.1, -0.05) is 6.92 Å². The van der Waals surface area contributed by atoms with Crippen LogP contribution >= 0.6 is 0 Å². The van der Waals surface area contributed by atoms with Crippen molar-refractivity contribution < 1.29 is 9.53 Å². The Balaban J connectivity index is 2.32. The summed E-state index contributed by atoms with van der Waals surface area (Å²) in [6, 6.07) is 0. The molecule has 1 aliphatic heterocycles. The Morgan fingerprint density at radius 1 is 1.50 bits per heavy atom. The van der Waals surface area contributed by atoms with Crippen LogP contribution in [0.15, 0.2) is 0 Å². The van der Waals surface area contributed by atoms with E-state index in [1.54, 1.807) is 0 Å². The average Bonchev–Trinajstić information content (AvgIpc) is 2.60. The molecule has 1 rings (SSSR count). The van der Waals surface area contributed by atoms with Crippen LogP contribution in [0.1, 0.15) is 34.1 Å². The molecule has 0 aromatic carbocycles. The summed E-state index contributed by atoms with van der Waals surface area (Å²) in [6.45, 7) is 11.4. The average molecular weight is 228 g/mol. The van der Waals surface area contributed by atoms with Crippen molar-refractivity contribution in [1.82, 2.24) is 10.2 Å². The summed E-state index contributed by atoms with van der Waals surface area (Å²) in [5.74, 6) is 0.576. The lowest BCUT2D eigenvalue weighted by molar-refractivity contribution is 0.0288. The molecule has 0 saturated carbocycles. The summed E-state index contributed by atoms with van der Waals surface area (Å²) in [7, 11) is 0. The van der Waals surface area contributed by atoms with Crippen LogP contribution in [-0.4, -0.2) is 42.8 Å². The SMILES string of the molecule is CCNCC1CCN(C(=O)OC(C)(C)C)C1. The van der Waals surface area contributed by atoms with Gasteiger partial charge in [-0.3, -0.25) is 0 Å². The maximum Gasteiger partial charge on any atom is 0.410 e. The Labute approximate surface area is 98.3 Å². The molecule has 1 N–H and O–H groups in total. The normalized spacial score (nSPS) is 21.2. The lowest BCUT2D eigenvalue weighted by atomic mass is 10.1. The summed E-state index contributed by atoms with van der Waals surface area (Å²) in [5, 5.41) is 3.32. The second-order valence-electron chi connectivity index (χ2n) is 5.39. The van der Waals surface area contributed by atoms with Crippen LogP contribution in [0.4, 0.5) is 4.79 Å². The number of carbonyl (C=O) groups excluding carboxylic acids is 1. The molecular weight excluding hydrogens is 204 g/mol. The Hall–Kier alpha value is -0.770. The number of hydrogen-bond donors (Lipinski definition) is 1. The summed E-state index contributed by atoms with van der Waals surface area (Å²) in [5.41, 5.74) is -0.392. The van der Waals surface area contributed by atoms with Crippen LogP contribution in [0, 0.1) is 5.92 Å². The lowest BCUT2D eigenvalue weighted by Crippen LogP contribution is -2.36. The van der Waals surface area contributed by atoms with Gasteiger partial charge in [0.1, 0.15) is 5.60 Å². The molecule has 4 heteroatoms. The van der Waals surface area contributed by atoms with E-state index in [1.807, 2.05) is 25.7 Å². The third kappa shape index (κ3) is 4.39. The van der Waals surface area contributed by atoms with Gasteiger partial charge in [0.05, 0.1) is 0 Å². The van der Waals surface area contributed by atoms with E-state index in [-0.39, 0.29) is 6.09 Å². The van der Waals surface area contributed by atoms with Gasteiger partial charge in [0, 0.05) is 13.1 Å². The zero-order valence-electron chi connectivity index (χ0n) is 10.9. The van der Waals surface area contributed by atoms with Crippen LogP contribution in [0.2, 0.25) is 0 Å². The number of nitrogens with zero attached hydrogens (tertiary/aromatic N) is 1. The number of likely N-dealkylation sites (tertiary alicyclic amines) is 1. The first-order chi connectivity index (χ1) is 7.42. The topological polar surface area (TPSA) is 41.6 Å². The highest BCUT2D eigenvalue weighted by Gasteiger charge is 2.29. The van der Waals surface area contributed by atoms with Crippen molar-refractivity contribution in [3.8, 4) is 0 Å². The molecule has 0 radical (unpaired) electrons. The number of hydrogen-bond acceptors (Lipinski definition) is 3. The first-order valence-corrected chi connectivity index (χ1v) is 6.11. The predicted octanol–water partition coefficient (Wildman–Crippen LogP) is 1.85. The van der Waals surface area contributed by atoms with Gasteiger partial charge >= 0.3 is 6.09 Å². The van der Waals surface area contributed by atoms with E-state index >= 15 is 0 Å². The molecule has 0 aromatic rings. The Bertz CT molecular complexity index is 236. The largest absolute Gasteiger partial charge is 0.444 e. The fourth-order valence-electron chi connectivity index (χ4n) is 1.84. The molecule has 4 nitrogen and oxygen atoms in total. The molecule has 94 valence electrons. The number of carbonyl (C=O) groups is 1. The summed E-state index contributed by atoms with van der Waals surface area (Å²) < 4.78 is 5.34. The third-order valence-corrected chi connectivity index (χ3v) is 2.62. The predicted molar refractivity (Wildman–Crippen MR) is 64.5 cm³/mol. The molecule has 1 unspecified atom stereocenters. The van der Waals surface area contributed by atoms with Crippen LogP contribution < -0.4 is 5.32 Å². The van der Waals surface area contributed by atoms with Crippen LogP contribution in [0.3, 0.4) is 0 Å². The highest BCUT2D eigenvalue weighted by atomic mass is 16.6. The Kier molecular flexibility index (Phi) is 4.59. The second kappa shape index (κ2) is 5.53. The fraction of sp³-hybridized carbons (Fsp3) is 0.917. The molecule has 1 heterocycles. The quantitative estimate of drug-likeness (QED) is 0.801. The monoisotopic (exact) mass is 228 g/mol. The van der Waals surface area contributed by atoms with Crippen molar-refractivity contribution in [3.05, 3.63) is 0 Å². The van der Waals surface area contributed by atoms with E-state index in [1.165, 1.54) is 0 Å². The van der Waals surface area contributed by atoms with Crippen LogP contribution in [0.25, 0.3) is 0 Å². The molecule has 0 bridgehead atoms. The van der Waals surface area contributed by atoms with Crippen molar-refractivity contribution in [2.45, 2.75) is 39.7 Å². The number of ether oxygens (including phenoxy) is 1. The van der Waals surface area contributed by atoms with E-state index in [0.29, 0.717) is 5.92 Å². The molecule has 1 amide bonds. The summed E-state index contributed by atoms with van der Waals surface area (Å²) in [6.07, 6.45) is 0.901. The number of rotatable bonds is 3. The fourth-order valence-corrected chi connectivity index (χ4v) is 1.84. The maximum atomic E-state index is 11.8. The molecule has 1 atom stereocenters. The van der Waals surface area contributed by atoms with Gasteiger partial charge in [-0.05, 0) is 46.2 Å². The van der Waals surface area contributed by atoms with E-state index in [9.17, 15) is 4.79 Å². The van der Waals surface area contributed by atoms with Crippen molar-refractivity contribution >= 4 is 6.09 Å². The molecule has 0 spiro atoms. The Morgan fingerprint density at radius 2 is 2.19 bits per heavy atom. The van der Waals surface area contributed by atoms with E-state index in [4.69, 9.17) is 4.74 Å². The summed E-state index contributed by atoms with van der Waals surface area (Å²) >= 11 is 0. The van der Waals surface area contributed by atoms with Gasteiger partial charge in [-0.2, -0.15) is 0 Å². The zero-order chi connectivity index (χ0) is 12.2. The van der Waals surface area contributed by atoms with Crippen LogP contribution in [0.5, 0.6) is 0 Å². The Morgan fingerprint density at radius 3 is 2.75 bits per heavy atom. The molecule has 1 aliphatic rings. The minimum absolute atomic E-state index is 0.175. The molecular formula is C12H24N2O2. The van der Waals surface area contributed by atoms with E-state index < -0.39 is 5.60 Å². The first-order valence-electron chi connectivity index (χ1n) is 6.11. The minimum Gasteiger partial charge on any atom is -0.444 e. The van der Waals surface area contributed by atoms with Crippen molar-refractivity contribution in [2.24, 2.45) is 5.92 Å². The smallest absolute Gasteiger partial charge is 0.410 e. The highest BCUT2D eigenvalue weighted by Crippen LogP contribution is 2.18. The molecule has 16 heavy (non-hydrogen) atoms. The van der Waals surface area contributed by atoms with Crippen molar-refractivity contribution in [1.29, 1.82) is 0 Å². The van der Waals surface area contributed by atoms with Gasteiger partial charge in [0.15, 0.2) is 0 Å². The highest BCUT2D eigenvalue weighted by molar-refractivity contribution is 5.68. The van der Waals surface area contributed by atoms with Crippen LogP contribution in [-0.2, 0) is 4.74 Å². The standard InChI is InChI=1S/C12H24N2O2/c1-5-13-8-10-6-7-14(9-10)11(15)16-12(2,3)4/h10,13H,5-9H2,1-4H3. The van der Waals surface area contributed by atoms with Gasteiger partial charge in [-0.15, -0.1) is 0 Å². The molecule has 1 saturated heterocycles. The number of nitrogens with one attached hydrogen (secondary N) is 1. The second-order valence-corrected chi connectivity index (χ2v) is 5.39. The molecule has 1 fully saturated rings. The van der Waals surface area contributed by atoms with E-state index in [2.05, 4.69) is 12.2 Å². The summed E-state index contributed by atoms with van der Waals surface area (Å²) in [4.78, 5) is 13.6. The number of amides is 1. The van der Waals surface area contributed by atoms with Gasteiger partial charge in [0.2, 0.25) is 0 Å². The lowest BCUT2D eigenvalue weighted by Gasteiger charge is -2.24. The van der Waals surface area contributed by atoms with E-state index in [0.717, 1.165) is 32.6 Å². The molecule has 0 aliphatic carbocycles.